The van der Waals surface area contributed by atoms with Gasteiger partial charge in [-0.05, 0) is 30.5 Å². The fourth-order valence-electron chi connectivity index (χ4n) is 2.22. The number of methoxy groups -OCH3 is 2. The Hall–Kier alpha value is -1.22. The van der Waals surface area contributed by atoms with Crippen LogP contribution in [0.1, 0.15) is 44.8 Å². The predicted octanol–water partition coefficient (Wildman–Crippen LogP) is 3.56. The van der Waals surface area contributed by atoms with E-state index < -0.39 is 6.10 Å². The number of aliphatic hydroxyl groups excluding tert-OH is 1. The molecule has 18 heavy (non-hydrogen) atoms. The molecular formula is C15H24O3. The summed E-state index contributed by atoms with van der Waals surface area (Å²) in [4.78, 5) is 0. The fraction of sp³-hybridized carbons (Fsp3) is 0.600. The number of benzene rings is 1. The lowest BCUT2D eigenvalue weighted by Gasteiger charge is -2.19. The second-order valence-corrected chi connectivity index (χ2v) is 4.75. The molecule has 0 aliphatic carbocycles. The molecule has 1 aromatic rings. The lowest BCUT2D eigenvalue weighted by molar-refractivity contribution is 0.141. The molecular weight excluding hydrogens is 228 g/mol. The minimum atomic E-state index is -0.503. The summed E-state index contributed by atoms with van der Waals surface area (Å²) in [5.74, 6) is 1.96. The Kier molecular flexibility index (Phi) is 5.99. The summed E-state index contributed by atoms with van der Waals surface area (Å²) in [5.41, 5.74) is 0.805. The van der Waals surface area contributed by atoms with Gasteiger partial charge in [0.25, 0.3) is 0 Å². The number of aliphatic hydroxyl groups is 1. The van der Waals surface area contributed by atoms with Gasteiger partial charge in [-0.15, -0.1) is 0 Å². The summed E-state index contributed by atoms with van der Waals surface area (Å²) >= 11 is 0. The number of ether oxygens (including phenoxy) is 2. The molecule has 3 nitrogen and oxygen atoms in total. The zero-order valence-corrected chi connectivity index (χ0v) is 11.8. The highest BCUT2D eigenvalue weighted by Gasteiger charge is 2.17. The van der Waals surface area contributed by atoms with Crippen LogP contribution in [0, 0.1) is 5.92 Å². The van der Waals surface area contributed by atoms with Crippen LogP contribution >= 0.6 is 0 Å². The fourth-order valence-corrected chi connectivity index (χ4v) is 2.22. The van der Waals surface area contributed by atoms with Crippen molar-refractivity contribution in [3.8, 4) is 11.5 Å². The second-order valence-electron chi connectivity index (χ2n) is 4.75. The van der Waals surface area contributed by atoms with E-state index in [0.29, 0.717) is 11.7 Å². The van der Waals surface area contributed by atoms with E-state index >= 15 is 0 Å². The first kappa shape index (κ1) is 14.8. The van der Waals surface area contributed by atoms with Crippen molar-refractivity contribution < 1.29 is 14.6 Å². The summed E-state index contributed by atoms with van der Waals surface area (Å²) < 4.78 is 10.5. The van der Waals surface area contributed by atoms with Crippen molar-refractivity contribution >= 4 is 0 Å². The van der Waals surface area contributed by atoms with Gasteiger partial charge in [-0.3, -0.25) is 0 Å². The molecule has 0 aromatic heterocycles. The van der Waals surface area contributed by atoms with Crippen LogP contribution in [0.25, 0.3) is 0 Å². The first-order valence-corrected chi connectivity index (χ1v) is 6.52. The summed E-state index contributed by atoms with van der Waals surface area (Å²) in [6.07, 6.45) is 2.51. The first-order valence-electron chi connectivity index (χ1n) is 6.52. The van der Waals surface area contributed by atoms with Gasteiger partial charge in [0.1, 0.15) is 11.5 Å². The smallest absolute Gasteiger partial charge is 0.124 e. The topological polar surface area (TPSA) is 38.7 Å². The maximum absolute atomic E-state index is 10.3. The number of hydrogen-bond donors (Lipinski definition) is 1. The molecule has 1 aromatic carbocycles. The SMILES string of the molecule is CCCC(C)CC(O)c1cc(OC)ccc1OC. The van der Waals surface area contributed by atoms with E-state index in [0.717, 1.165) is 30.6 Å². The highest BCUT2D eigenvalue weighted by atomic mass is 16.5. The highest BCUT2D eigenvalue weighted by Crippen LogP contribution is 2.33. The molecule has 0 saturated heterocycles. The van der Waals surface area contributed by atoms with E-state index in [1.807, 2.05) is 18.2 Å². The average Bonchev–Trinajstić information content (AvgIpc) is 2.38. The van der Waals surface area contributed by atoms with Crippen LogP contribution < -0.4 is 9.47 Å². The quantitative estimate of drug-likeness (QED) is 0.806. The molecule has 3 heteroatoms. The zero-order valence-electron chi connectivity index (χ0n) is 11.8. The average molecular weight is 252 g/mol. The monoisotopic (exact) mass is 252 g/mol. The highest BCUT2D eigenvalue weighted by molar-refractivity contribution is 5.41. The lowest BCUT2D eigenvalue weighted by Crippen LogP contribution is -2.06. The molecule has 1 N–H and O–H groups in total. The van der Waals surface area contributed by atoms with E-state index in [9.17, 15) is 5.11 Å². The molecule has 2 unspecified atom stereocenters. The normalized spacial score (nSPS) is 14.1. The van der Waals surface area contributed by atoms with Crippen molar-refractivity contribution in [2.45, 2.75) is 39.2 Å². The minimum absolute atomic E-state index is 0.501. The van der Waals surface area contributed by atoms with Gasteiger partial charge >= 0.3 is 0 Å². The Bertz CT molecular complexity index is 363. The molecule has 0 radical (unpaired) electrons. The molecule has 102 valence electrons. The molecule has 2 atom stereocenters. The van der Waals surface area contributed by atoms with Gasteiger partial charge in [-0.2, -0.15) is 0 Å². The molecule has 0 aliphatic rings. The first-order chi connectivity index (χ1) is 8.62. The van der Waals surface area contributed by atoms with Crippen molar-refractivity contribution in [3.63, 3.8) is 0 Å². The van der Waals surface area contributed by atoms with Crippen molar-refractivity contribution in [1.82, 2.24) is 0 Å². The maximum Gasteiger partial charge on any atom is 0.124 e. The van der Waals surface area contributed by atoms with Crippen LogP contribution in [0.5, 0.6) is 11.5 Å². The van der Waals surface area contributed by atoms with Gasteiger partial charge in [0, 0.05) is 5.56 Å². The van der Waals surface area contributed by atoms with E-state index in [4.69, 9.17) is 9.47 Å². The molecule has 0 saturated carbocycles. The van der Waals surface area contributed by atoms with Crippen LogP contribution in [-0.4, -0.2) is 19.3 Å². The third-order valence-electron chi connectivity index (χ3n) is 3.20. The van der Waals surface area contributed by atoms with E-state index in [2.05, 4.69) is 13.8 Å². The summed E-state index contributed by atoms with van der Waals surface area (Å²) in [7, 11) is 3.24. The summed E-state index contributed by atoms with van der Waals surface area (Å²) in [6, 6.07) is 5.52. The summed E-state index contributed by atoms with van der Waals surface area (Å²) in [5, 5.41) is 10.3. The summed E-state index contributed by atoms with van der Waals surface area (Å²) in [6.45, 7) is 4.33. The Labute approximate surface area is 110 Å². The molecule has 1 rings (SSSR count). The third kappa shape index (κ3) is 3.91. The standard InChI is InChI=1S/C15H24O3/c1-5-6-11(2)9-14(16)13-10-12(17-3)7-8-15(13)18-4/h7-8,10-11,14,16H,5-6,9H2,1-4H3. The van der Waals surface area contributed by atoms with E-state index in [1.54, 1.807) is 14.2 Å². The van der Waals surface area contributed by atoms with Crippen LogP contribution in [0.4, 0.5) is 0 Å². The van der Waals surface area contributed by atoms with Crippen molar-refractivity contribution in [3.05, 3.63) is 23.8 Å². The van der Waals surface area contributed by atoms with Gasteiger partial charge in [0.05, 0.1) is 20.3 Å². The lowest BCUT2D eigenvalue weighted by atomic mass is 9.94. The second kappa shape index (κ2) is 7.27. The van der Waals surface area contributed by atoms with E-state index in [1.165, 1.54) is 0 Å². The molecule has 0 bridgehead atoms. The van der Waals surface area contributed by atoms with Gasteiger partial charge in [-0.25, -0.2) is 0 Å². The maximum atomic E-state index is 10.3. The molecule has 0 heterocycles. The van der Waals surface area contributed by atoms with Crippen molar-refractivity contribution in [1.29, 1.82) is 0 Å². The van der Waals surface area contributed by atoms with Crippen LogP contribution in [0.3, 0.4) is 0 Å². The van der Waals surface area contributed by atoms with Crippen LogP contribution in [0.2, 0.25) is 0 Å². The van der Waals surface area contributed by atoms with E-state index in [-0.39, 0.29) is 0 Å². The Morgan fingerprint density at radius 2 is 1.94 bits per heavy atom. The predicted molar refractivity (Wildman–Crippen MR) is 73.2 cm³/mol. The largest absolute Gasteiger partial charge is 0.497 e. The van der Waals surface area contributed by atoms with Gasteiger partial charge < -0.3 is 14.6 Å². The number of hydrogen-bond acceptors (Lipinski definition) is 3. The van der Waals surface area contributed by atoms with Crippen LogP contribution in [0.15, 0.2) is 18.2 Å². The Morgan fingerprint density at radius 3 is 2.50 bits per heavy atom. The Morgan fingerprint density at radius 1 is 1.22 bits per heavy atom. The molecule has 0 fully saturated rings. The Balaban J connectivity index is 2.85. The molecule has 0 amide bonds. The van der Waals surface area contributed by atoms with Gasteiger partial charge in [-0.1, -0.05) is 26.7 Å². The molecule has 0 aliphatic heterocycles. The number of rotatable bonds is 7. The zero-order chi connectivity index (χ0) is 13.5. The van der Waals surface area contributed by atoms with Gasteiger partial charge in [0.2, 0.25) is 0 Å². The third-order valence-corrected chi connectivity index (χ3v) is 3.20. The minimum Gasteiger partial charge on any atom is -0.497 e. The molecule has 0 spiro atoms. The van der Waals surface area contributed by atoms with Crippen molar-refractivity contribution in [2.24, 2.45) is 5.92 Å². The van der Waals surface area contributed by atoms with Gasteiger partial charge in [0.15, 0.2) is 0 Å². The van der Waals surface area contributed by atoms with Crippen molar-refractivity contribution in [2.75, 3.05) is 14.2 Å². The van der Waals surface area contributed by atoms with Crippen LogP contribution in [-0.2, 0) is 0 Å².